The van der Waals surface area contributed by atoms with E-state index >= 15 is 0 Å². The quantitative estimate of drug-likeness (QED) is 0.137. The Morgan fingerprint density at radius 1 is 0.870 bits per heavy atom. The van der Waals surface area contributed by atoms with E-state index in [1.54, 1.807) is 0 Å². The van der Waals surface area contributed by atoms with Crippen molar-refractivity contribution < 1.29 is 19.6 Å². The second-order valence-electron chi connectivity index (χ2n) is 9.38. The number of alkyl halides is 2. The lowest BCUT2D eigenvalue weighted by Crippen LogP contribution is -2.60. The summed E-state index contributed by atoms with van der Waals surface area (Å²) in [7, 11) is 0. The summed E-state index contributed by atoms with van der Waals surface area (Å²) >= 11 is 4.86. The Hall–Kier alpha value is 1.30. The summed E-state index contributed by atoms with van der Waals surface area (Å²) < 4.78 is -0.311. The van der Waals surface area contributed by atoms with Crippen LogP contribution >= 0.6 is 45.2 Å². The van der Waals surface area contributed by atoms with Gasteiger partial charge in [-0.2, -0.15) is 9.78 Å². The largest absolute Gasteiger partial charge is 0.257 e. The van der Waals surface area contributed by atoms with Gasteiger partial charge in [0.25, 0.3) is 5.79 Å². The van der Waals surface area contributed by atoms with Gasteiger partial charge in [-0.15, -0.1) is 0 Å². The van der Waals surface area contributed by atoms with Crippen LogP contribution in [-0.2, 0) is 19.6 Å². The fraction of sp³-hybridized carbons (Fsp3) is 1.00. The molecule has 138 valence electrons. The first kappa shape index (κ1) is 22.3. The summed E-state index contributed by atoms with van der Waals surface area (Å²) in [6.45, 7) is 18.5. The van der Waals surface area contributed by atoms with Crippen molar-refractivity contribution >= 4 is 45.2 Å². The van der Waals surface area contributed by atoms with Crippen LogP contribution in [-0.4, -0.2) is 18.4 Å². The first-order chi connectivity index (χ1) is 10.00. The zero-order chi connectivity index (χ0) is 18.3. The van der Waals surface area contributed by atoms with E-state index in [1.807, 2.05) is 41.5 Å². The van der Waals surface area contributed by atoms with E-state index in [9.17, 15) is 0 Å². The smallest absolute Gasteiger partial charge is 0.228 e. The Morgan fingerprint density at radius 2 is 1.26 bits per heavy atom. The van der Waals surface area contributed by atoms with Crippen LogP contribution in [0.2, 0.25) is 0 Å². The van der Waals surface area contributed by atoms with Gasteiger partial charge in [0.2, 0.25) is 0 Å². The fourth-order valence-electron chi connectivity index (χ4n) is 2.72. The van der Waals surface area contributed by atoms with Gasteiger partial charge in [0.05, 0.1) is 11.2 Å². The molecule has 0 spiro atoms. The molecule has 0 aliphatic heterocycles. The predicted octanol–water partition coefficient (Wildman–Crippen LogP) is 6.20. The highest BCUT2D eigenvalue weighted by Crippen LogP contribution is 2.60. The monoisotopic (exact) mass is 554 g/mol. The molecule has 0 bridgehead atoms. The van der Waals surface area contributed by atoms with E-state index in [2.05, 4.69) is 66.0 Å². The molecule has 0 amide bonds. The zero-order valence-electron chi connectivity index (χ0n) is 15.9. The van der Waals surface area contributed by atoms with Gasteiger partial charge in [0, 0.05) is 6.42 Å². The first-order valence-electron chi connectivity index (χ1n) is 8.11. The highest BCUT2D eigenvalue weighted by Gasteiger charge is 2.63. The average molecular weight is 554 g/mol. The van der Waals surface area contributed by atoms with E-state index < -0.39 is 17.0 Å². The Balaban J connectivity index is 3.17. The summed E-state index contributed by atoms with van der Waals surface area (Å²) in [4.78, 5) is 23.4. The number of hydrogen-bond donors (Lipinski definition) is 0. The third-order valence-corrected chi connectivity index (χ3v) is 7.32. The SMILES string of the molecule is CC1CC(C)(C)CC(OOC(C)(C)C)(OOC(C)(C)C)C1(I)I. The van der Waals surface area contributed by atoms with Gasteiger partial charge in [0.15, 0.2) is 0 Å². The molecule has 0 radical (unpaired) electrons. The van der Waals surface area contributed by atoms with Crippen molar-refractivity contribution in [1.82, 2.24) is 0 Å². The summed E-state index contributed by atoms with van der Waals surface area (Å²) in [5.41, 5.74) is -0.777. The van der Waals surface area contributed by atoms with Crippen LogP contribution < -0.4 is 0 Å². The van der Waals surface area contributed by atoms with Gasteiger partial charge in [-0.05, 0) is 59.3 Å². The lowest BCUT2D eigenvalue weighted by molar-refractivity contribution is -0.549. The molecular weight excluding hydrogens is 522 g/mol. The summed E-state index contributed by atoms with van der Waals surface area (Å²) in [6.07, 6.45) is 1.79. The van der Waals surface area contributed by atoms with Crippen LogP contribution in [0.15, 0.2) is 0 Å². The van der Waals surface area contributed by atoms with Crippen molar-refractivity contribution in [2.24, 2.45) is 11.3 Å². The second-order valence-corrected chi connectivity index (χ2v) is 14.8. The van der Waals surface area contributed by atoms with E-state index in [1.165, 1.54) is 0 Å². The molecule has 1 aliphatic rings. The highest BCUT2D eigenvalue weighted by atomic mass is 127. The minimum Gasteiger partial charge on any atom is -0.228 e. The van der Waals surface area contributed by atoms with E-state index in [0.29, 0.717) is 12.3 Å². The van der Waals surface area contributed by atoms with Gasteiger partial charge in [0.1, 0.15) is 1.43 Å². The molecular formula is C17H32I2O4. The van der Waals surface area contributed by atoms with Gasteiger partial charge in [-0.1, -0.05) is 66.0 Å². The van der Waals surface area contributed by atoms with E-state index in [4.69, 9.17) is 19.6 Å². The molecule has 6 heteroatoms. The molecule has 4 nitrogen and oxygen atoms in total. The molecule has 23 heavy (non-hydrogen) atoms. The van der Waals surface area contributed by atoms with Crippen LogP contribution in [0.4, 0.5) is 0 Å². The molecule has 1 aliphatic carbocycles. The van der Waals surface area contributed by atoms with Gasteiger partial charge >= 0.3 is 0 Å². The van der Waals surface area contributed by atoms with Crippen LogP contribution in [0.5, 0.6) is 0 Å². The Kier molecular flexibility index (Phi) is 6.93. The maximum atomic E-state index is 5.99. The van der Waals surface area contributed by atoms with E-state index in [-0.39, 0.29) is 6.84 Å². The van der Waals surface area contributed by atoms with Crippen molar-refractivity contribution in [2.45, 2.75) is 93.6 Å². The molecule has 0 N–H and O–H groups in total. The van der Waals surface area contributed by atoms with Gasteiger partial charge in [-0.3, -0.25) is 0 Å². The predicted molar refractivity (Wildman–Crippen MR) is 110 cm³/mol. The maximum Gasteiger partial charge on any atom is 0.257 e. The highest BCUT2D eigenvalue weighted by molar-refractivity contribution is 14.2. The van der Waals surface area contributed by atoms with E-state index in [0.717, 1.165) is 6.42 Å². The molecule has 0 aromatic carbocycles. The Bertz CT molecular complexity index is 390. The standard InChI is InChI=1S/C17H32I2O4/c1-12-10-15(8,9)11-16(17(12,18)19,22-20-13(2,3)4)23-21-14(5,6)7/h12H,10-11H2,1-9H3. The molecule has 1 unspecified atom stereocenters. The Labute approximate surface area is 168 Å². The summed E-state index contributed by atoms with van der Waals surface area (Å²) in [5.74, 6) is -0.602. The molecule has 0 heterocycles. The van der Waals surface area contributed by atoms with Crippen LogP contribution in [0.3, 0.4) is 0 Å². The maximum absolute atomic E-state index is 5.99. The zero-order valence-corrected chi connectivity index (χ0v) is 20.2. The molecule has 0 aromatic heterocycles. The van der Waals surface area contributed by atoms with Crippen molar-refractivity contribution in [2.75, 3.05) is 0 Å². The van der Waals surface area contributed by atoms with Crippen molar-refractivity contribution in [3.63, 3.8) is 0 Å². The Morgan fingerprint density at radius 3 is 1.61 bits per heavy atom. The molecule has 1 rings (SSSR count). The molecule has 0 aromatic rings. The van der Waals surface area contributed by atoms with Crippen molar-refractivity contribution in [1.29, 1.82) is 0 Å². The normalized spacial score (nSPS) is 27.0. The second kappa shape index (κ2) is 7.13. The minimum absolute atomic E-state index is 0.0712. The molecule has 0 saturated heterocycles. The third kappa shape index (κ3) is 6.20. The number of hydrogen-bond acceptors (Lipinski definition) is 4. The van der Waals surface area contributed by atoms with Crippen molar-refractivity contribution in [3.05, 3.63) is 0 Å². The minimum atomic E-state index is -0.976. The van der Waals surface area contributed by atoms with Crippen LogP contribution in [0, 0.1) is 11.3 Å². The van der Waals surface area contributed by atoms with Crippen LogP contribution in [0.1, 0.15) is 75.2 Å². The average Bonchev–Trinajstić information content (AvgIpc) is 2.28. The third-order valence-electron chi connectivity index (χ3n) is 3.55. The summed E-state index contributed by atoms with van der Waals surface area (Å²) in [5, 5.41) is 0. The number of rotatable bonds is 4. The topological polar surface area (TPSA) is 36.9 Å². The number of halogens is 2. The van der Waals surface area contributed by atoms with Gasteiger partial charge in [-0.25, -0.2) is 9.78 Å². The van der Waals surface area contributed by atoms with Gasteiger partial charge < -0.3 is 0 Å². The first-order valence-corrected chi connectivity index (χ1v) is 10.3. The van der Waals surface area contributed by atoms with Crippen molar-refractivity contribution in [3.8, 4) is 0 Å². The lowest BCUT2D eigenvalue weighted by Gasteiger charge is -2.53. The lowest BCUT2D eigenvalue weighted by atomic mass is 9.70. The molecule has 1 saturated carbocycles. The molecule has 1 fully saturated rings. The fourth-order valence-corrected chi connectivity index (χ4v) is 3.90. The molecule has 1 atom stereocenters. The summed E-state index contributed by atoms with van der Waals surface area (Å²) in [6, 6.07) is 0. The van der Waals surface area contributed by atoms with Crippen LogP contribution in [0.25, 0.3) is 0 Å².